The number of furan rings is 1. The fraction of sp³-hybridized carbons (Fsp3) is 0.238. The predicted octanol–water partition coefficient (Wildman–Crippen LogP) is 4.61. The third-order valence-corrected chi connectivity index (χ3v) is 4.61. The normalized spacial score (nSPS) is 11.9. The average Bonchev–Trinajstić information content (AvgIpc) is 2.99. The molecule has 1 unspecified atom stereocenters. The first-order chi connectivity index (χ1) is 12.9. The summed E-state index contributed by atoms with van der Waals surface area (Å²) in [5.41, 5.74) is 3.24. The average molecular weight is 365 g/mol. The van der Waals surface area contributed by atoms with Crippen LogP contribution in [0, 0.1) is 6.92 Å². The Kier molecular flexibility index (Phi) is 5.16. The van der Waals surface area contributed by atoms with Crippen LogP contribution in [0.4, 0.5) is 16.2 Å². The van der Waals surface area contributed by atoms with Crippen LogP contribution in [0.25, 0.3) is 11.0 Å². The number of fused-ring (bicyclic) bond motifs is 1. The van der Waals surface area contributed by atoms with Crippen molar-refractivity contribution in [3.8, 4) is 0 Å². The summed E-state index contributed by atoms with van der Waals surface area (Å²) in [7, 11) is 1.70. The van der Waals surface area contributed by atoms with Gasteiger partial charge in [0.2, 0.25) is 5.91 Å². The highest BCUT2D eigenvalue weighted by atomic mass is 16.3. The van der Waals surface area contributed by atoms with Crippen molar-refractivity contribution in [1.82, 2.24) is 5.32 Å². The maximum atomic E-state index is 12.3. The van der Waals surface area contributed by atoms with Gasteiger partial charge in [-0.2, -0.15) is 0 Å². The van der Waals surface area contributed by atoms with Gasteiger partial charge in [0.05, 0.1) is 6.04 Å². The molecule has 0 radical (unpaired) electrons. The summed E-state index contributed by atoms with van der Waals surface area (Å²) in [4.78, 5) is 25.3. The molecule has 3 rings (SSSR count). The molecule has 0 fully saturated rings. The first-order valence-electron chi connectivity index (χ1n) is 8.76. The van der Waals surface area contributed by atoms with Gasteiger partial charge >= 0.3 is 6.03 Å². The topological polar surface area (TPSA) is 74.6 Å². The number of anilines is 2. The Morgan fingerprint density at radius 2 is 1.74 bits per heavy atom. The van der Waals surface area contributed by atoms with Crippen LogP contribution in [0.5, 0.6) is 0 Å². The molecule has 0 spiro atoms. The lowest BCUT2D eigenvalue weighted by Gasteiger charge is -2.16. The monoisotopic (exact) mass is 365 g/mol. The minimum Gasteiger partial charge on any atom is -0.459 e. The van der Waals surface area contributed by atoms with Crippen LogP contribution in [0.2, 0.25) is 0 Å². The molecule has 6 nitrogen and oxygen atoms in total. The van der Waals surface area contributed by atoms with Crippen molar-refractivity contribution in [2.24, 2.45) is 0 Å². The lowest BCUT2D eigenvalue weighted by Crippen LogP contribution is -2.31. The van der Waals surface area contributed by atoms with Gasteiger partial charge in [0.25, 0.3) is 0 Å². The van der Waals surface area contributed by atoms with Gasteiger partial charge in [0.15, 0.2) is 0 Å². The van der Waals surface area contributed by atoms with Crippen LogP contribution >= 0.6 is 0 Å². The molecule has 1 heterocycles. The van der Waals surface area contributed by atoms with E-state index in [1.165, 1.54) is 11.8 Å². The van der Waals surface area contributed by atoms with Crippen LogP contribution < -0.4 is 15.5 Å². The van der Waals surface area contributed by atoms with Crippen molar-refractivity contribution in [1.29, 1.82) is 0 Å². The molecule has 0 bridgehead atoms. The Morgan fingerprint density at radius 3 is 2.37 bits per heavy atom. The van der Waals surface area contributed by atoms with Crippen molar-refractivity contribution >= 4 is 34.3 Å². The minimum atomic E-state index is -0.324. The second-order valence-electron chi connectivity index (χ2n) is 6.53. The molecule has 140 valence electrons. The number of benzene rings is 2. The zero-order valence-corrected chi connectivity index (χ0v) is 15.9. The molecular formula is C21H23N3O3. The first kappa shape index (κ1) is 18.5. The van der Waals surface area contributed by atoms with E-state index >= 15 is 0 Å². The molecule has 27 heavy (non-hydrogen) atoms. The molecule has 0 aliphatic heterocycles. The van der Waals surface area contributed by atoms with Crippen LogP contribution in [0.15, 0.2) is 52.9 Å². The van der Waals surface area contributed by atoms with Crippen LogP contribution in [-0.2, 0) is 4.79 Å². The molecule has 2 N–H and O–H groups in total. The number of hydrogen-bond donors (Lipinski definition) is 2. The summed E-state index contributed by atoms with van der Waals surface area (Å²) in [5.74, 6) is 0.688. The fourth-order valence-electron chi connectivity index (χ4n) is 2.99. The first-order valence-corrected chi connectivity index (χ1v) is 8.76. The summed E-state index contributed by atoms with van der Waals surface area (Å²) in [5, 5.41) is 6.74. The number of hydrogen-bond acceptors (Lipinski definition) is 3. The van der Waals surface area contributed by atoms with Crippen molar-refractivity contribution in [2.45, 2.75) is 26.8 Å². The van der Waals surface area contributed by atoms with E-state index in [1.807, 2.05) is 38.1 Å². The van der Waals surface area contributed by atoms with E-state index in [-0.39, 0.29) is 18.0 Å². The summed E-state index contributed by atoms with van der Waals surface area (Å²) >= 11 is 0. The van der Waals surface area contributed by atoms with Gasteiger partial charge in [-0.25, -0.2) is 4.79 Å². The summed E-state index contributed by atoms with van der Waals surface area (Å²) in [6, 6.07) is 14.3. The molecule has 0 aliphatic rings. The summed E-state index contributed by atoms with van der Waals surface area (Å²) < 4.78 is 5.90. The largest absolute Gasteiger partial charge is 0.459 e. The zero-order chi connectivity index (χ0) is 19.6. The minimum absolute atomic E-state index is 0.0523. The number of para-hydroxylation sites is 1. The number of amides is 3. The number of aryl methyl sites for hydroxylation is 1. The highest BCUT2D eigenvalue weighted by Gasteiger charge is 2.18. The molecule has 3 aromatic rings. The van der Waals surface area contributed by atoms with Crippen molar-refractivity contribution < 1.29 is 14.0 Å². The fourth-order valence-corrected chi connectivity index (χ4v) is 2.99. The summed E-state index contributed by atoms with van der Waals surface area (Å²) in [6.07, 6.45) is 0. The van der Waals surface area contributed by atoms with E-state index < -0.39 is 0 Å². The van der Waals surface area contributed by atoms with Gasteiger partial charge in [0, 0.05) is 36.3 Å². The maximum absolute atomic E-state index is 12.3. The zero-order valence-electron chi connectivity index (χ0n) is 15.9. The molecule has 0 saturated carbocycles. The Balaban J connectivity index is 1.66. The van der Waals surface area contributed by atoms with Gasteiger partial charge in [-0.3, -0.25) is 4.79 Å². The summed E-state index contributed by atoms with van der Waals surface area (Å²) in [6.45, 7) is 5.37. The SMILES string of the molecule is CC(=O)N(C)c1ccc(NC(=O)NC(C)c2oc3ccccc3c2C)cc1. The van der Waals surface area contributed by atoms with E-state index in [9.17, 15) is 9.59 Å². The van der Waals surface area contributed by atoms with E-state index in [4.69, 9.17) is 4.42 Å². The lowest BCUT2D eigenvalue weighted by atomic mass is 10.1. The number of urea groups is 1. The quantitative estimate of drug-likeness (QED) is 0.709. The second kappa shape index (κ2) is 7.53. The highest BCUT2D eigenvalue weighted by molar-refractivity contribution is 5.92. The molecule has 3 amide bonds. The number of nitrogens with zero attached hydrogens (tertiary/aromatic N) is 1. The van der Waals surface area contributed by atoms with Crippen LogP contribution in [0.1, 0.15) is 31.2 Å². The van der Waals surface area contributed by atoms with Crippen LogP contribution in [0.3, 0.4) is 0 Å². The van der Waals surface area contributed by atoms with Gasteiger partial charge in [0.1, 0.15) is 11.3 Å². The predicted molar refractivity (Wildman–Crippen MR) is 107 cm³/mol. The number of rotatable bonds is 4. The molecule has 0 saturated heterocycles. The standard InChI is InChI=1S/C21H23N3O3/c1-13-18-7-5-6-8-19(18)27-20(13)14(2)22-21(26)23-16-9-11-17(12-10-16)24(4)15(3)25/h5-12,14H,1-4H3,(H2,22,23,26). The Bertz CT molecular complexity index is 976. The third kappa shape index (κ3) is 3.95. The van der Waals surface area contributed by atoms with Crippen molar-refractivity contribution in [2.75, 3.05) is 17.3 Å². The lowest BCUT2D eigenvalue weighted by molar-refractivity contribution is -0.116. The van der Waals surface area contributed by atoms with Gasteiger partial charge in [-0.1, -0.05) is 18.2 Å². The third-order valence-electron chi connectivity index (χ3n) is 4.61. The Labute approximate surface area is 158 Å². The molecule has 6 heteroatoms. The Morgan fingerprint density at radius 1 is 1.07 bits per heavy atom. The van der Waals surface area contributed by atoms with E-state index in [0.717, 1.165) is 28.0 Å². The van der Waals surface area contributed by atoms with Gasteiger partial charge in [-0.15, -0.1) is 0 Å². The smallest absolute Gasteiger partial charge is 0.319 e. The molecule has 0 aliphatic carbocycles. The van der Waals surface area contributed by atoms with E-state index in [2.05, 4.69) is 10.6 Å². The van der Waals surface area contributed by atoms with Crippen molar-refractivity contribution in [3.05, 3.63) is 59.9 Å². The van der Waals surface area contributed by atoms with Crippen LogP contribution in [-0.4, -0.2) is 19.0 Å². The number of carbonyl (C=O) groups is 2. The van der Waals surface area contributed by atoms with E-state index in [1.54, 1.807) is 31.3 Å². The molecular weight excluding hydrogens is 342 g/mol. The van der Waals surface area contributed by atoms with Gasteiger partial charge in [-0.05, 0) is 44.2 Å². The van der Waals surface area contributed by atoms with E-state index in [0.29, 0.717) is 5.69 Å². The highest BCUT2D eigenvalue weighted by Crippen LogP contribution is 2.29. The number of carbonyl (C=O) groups excluding carboxylic acids is 2. The second-order valence-corrected chi connectivity index (χ2v) is 6.53. The molecule has 2 aromatic carbocycles. The Hall–Kier alpha value is -3.28. The maximum Gasteiger partial charge on any atom is 0.319 e. The van der Waals surface area contributed by atoms with Crippen molar-refractivity contribution in [3.63, 3.8) is 0 Å². The molecule has 1 atom stereocenters. The number of nitrogens with one attached hydrogen (secondary N) is 2. The van der Waals surface area contributed by atoms with Gasteiger partial charge < -0.3 is 20.0 Å². The molecule has 1 aromatic heterocycles.